The number of halogens is 7. The third-order valence-electron chi connectivity index (χ3n) is 5.93. The summed E-state index contributed by atoms with van der Waals surface area (Å²) in [6.45, 7) is 1.96. The van der Waals surface area contributed by atoms with Crippen molar-refractivity contribution in [3.05, 3.63) is 70.8 Å². The highest BCUT2D eigenvalue weighted by Crippen LogP contribution is 2.39. The molecule has 0 bridgehead atoms. The molecule has 0 saturated carbocycles. The first-order chi connectivity index (χ1) is 15.9. The van der Waals surface area contributed by atoms with Gasteiger partial charge in [-0.25, -0.2) is 0 Å². The minimum atomic E-state index is -5.00. The number of benzene rings is 2. The number of carbonyl (C=O) groups is 1. The Kier molecular flexibility index (Phi) is 9.61. The number of alkyl halides is 6. The maximum atomic E-state index is 13.4. The van der Waals surface area contributed by atoms with Gasteiger partial charge in [0.1, 0.15) is 12.7 Å². The first-order valence-corrected chi connectivity index (χ1v) is 10.7. The molecular weight excluding hydrogens is 500 g/mol. The summed E-state index contributed by atoms with van der Waals surface area (Å²) in [7, 11) is 0. The van der Waals surface area contributed by atoms with Crippen LogP contribution in [0.15, 0.2) is 48.5 Å². The Balaban J connectivity index is 0.00000432. The molecule has 35 heavy (non-hydrogen) atoms. The van der Waals surface area contributed by atoms with E-state index in [1.165, 1.54) is 0 Å². The highest BCUT2D eigenvalue weighted by molar-refractivity contribution is 5.85. The molecule has 0 aromatic heterocycles. The summed E-state index contributed by atoms with van der Waals surface area (Å²) in [4.78, 5) is 11.4. The zero-order chi connectivity index (χ0) is 25.0. The van der Waals surface area contributed by atoms with Crippen LogP contribution in [0.5, 0.6) is 0 Å². The van der Waals surface area contributed by atoms with Gasteiger partial charge >= 0.3 is 18.3 Å². The van der Waals surface area contributed by atoms with E-state index in [2.05, 4.69) is 5.32 Å². The van der Waals surface area contributed by atoms with Gasteiger partial charge in [-0.1, -0.05) is 30.3 Å². The monoisotopic (exact) mass is 525 g/mol. The Morgan fingerprint density at radius 2 is 1.51 bits per heavy atom. The van der Waals surface area contributed by atoms with E-state index in [-0.39, 0.29) is 30.6 Å². The Morgan fingerprint density at radius 3 is 2.00 bits per heavy atom. The topological polar surface area (TPSA) is 47.6 Å². The van der Waals surface area contributed by atoms with Gasteiger partial charge in [-0.15, -0.1) is 12.4 Å². The van der Waals surface area contributed by atoms with Crippen LogP contribution in [0.25, 0.3) is 0 Å². The van der Waals surface area contributed by atoms with Crippen LogP contribution in [-0.2, 0) is 32.0 Å². The van der Waals surface area contributed by atoms with Crippen molar-refractivity contribution in [2.24, 2.45) is 0 Å². The van der Waals surface area contributed by atoms with Gasteiger partial charge in [-0.2, -0.15) is 26.3 Å². The molecule has 1 fully saturated rings. The van der Waals surface area contributed by atoms with E-state index >= 15 is 0 Å². The number of hydrogen-bond acceptors (Lipinski definition) is 4. The summed E-state index contributed by atoms with van der Waals surface area (Å²) < 4.78 is 91.2. The second kappa shape index (κ2) is 11.6. The van der Waals surface area contributed by atoms with E-state index in [0.29, 0.717) is 38.1 Å². The predicted octanol–water partition coefficient (Wildman–Crippen LogP) is 6.09. The van der Waals surface area contributed by atoms with Crippen molar-refractivity contribution in [2.75, 3.05) is 26.3 Å². The van der Waals surface area contributed by atoms with Crippen molar-refractivity contribution < 1.29 is 40.6 Å². The molecule has 11 heteroatoms. The van der Waals surface area contributed by atoms with Gasteiger partial charge in [0.05, 0.1) is 17.7 Å². The van der Waals surface area contributed by atoms with Crippen LogP contribution in [0.1, 0.15) is 48.1 Å². The maximum Gasteiger partial charge on any atom is 0.416 e. The number of esters is 1. The molecule has 194 valence electrons. The fraction of sp³-hybridized carbons (Fsp3) is 0.458. The third-order valence-corrected chi connectivity index (χ3v) is 5.93. The van der Waals surface area contributed by atoms with Gasteiger partial charge in [-0.05, 0) is 55.3 Å². The first-order valence-electron chi connectivity index (χ1n) is 10.7. The molecule has 3 rings (SSSR count). The standard InChI is InChI=1S/C24H25F6NO3.ClH/c1-16(32)33-14-21(17-11-19(23(25,26)27)13-20(12-17)24(28,29)30)34-15-22(7-9-31-10-8-22)18-5-3-2-4-6-18;/h2-6,11-13,21,31H,7-10,14-15H2,1H3;1H. The fourth-order valence-electron chi connectivity index (χ4n) is 4.07. The van der Waals surface area contributed by atoms with E-state index in [1.807, 2.05) is 30.3 Å². The highest BCUT2D eigenvalue weighted by Gasteiger charge is 2.39. The SMILES string of the molecule is CC(=O)OCC(OCC1(c2ccccc2)CCNCC1)c1cc(C(F)(F)F)cc(C(F)(F)F)c1.Cl. The van der Waals surface area contributed by atoms with E-state index in [4.69, 9.17) is 9.47 Å². The zero-order valence-electron chi connectivity index (χ0n) is 18.8. The summed E-state index contributed by atoms with van der Waals surface area (Å²) in [5.74, 6) is -0.726. The molecule has 1 heterocycles. The summed E-state index contributed by atoms with van der Waals surface area (Å²) in [5, 5.41) is 3.24. The lowest BCUT2D eigenvalue weighted by molar-refractivity contribution is -0.148. The Bertz CT molecular complexity index is 943. The van der Waals surface area contributed by atoms with Crippen LogP contribution in [0.4, 0.5) is 26.3 Å². The molecule has 0 spiro atoms. The summed E-state index contributed by atoms with van der Waals surface area (Å²) in [5.41, 5.74) is -2.79. The highest BCUT2D eigenvalue weighted by atomic mass is 35.5. The van der Waals surface area contributed by atoms with Gasteiger partial charge in [0.15, 0.2) is 0 Å². The van der Waals surface area contributed by atoms with Crippen molar-refractivity contribution in [3.8, 4) is 0 Å². The van der Waals surface area contributed by atoms with Gasteiger partial charge in [-0.3, -0.25) is 4.79 Å². The van der Waals surface area contributed by atoms with Gasteiger partial charge in [0.2, 0.25) is 0 Å². The fourth-order valence-corrected chi connectivity index (χ4v) is 4.07. The molecule has 0 radical (unpaired) electrons. The van der Waals surface area contributed by atoms with E-state index in [1.54, 1.807) is 0 Å². The average Bonchev–Trinajstić information content (AvgIpc) is 2.78. The van der Waals surface area contributed by atoms with Crippen LogP contribution in [0.3, 0.4) is 0 Å². The molecule has 1 aliphatic heterocycles. The van der Waals surface area contributed by atoms with E-state index < -0.39 is 47.6 Å². The molecule has 1 atom stereocenters. The first kappa shape index (κ1) is 28.9. The van der Waals surface area contributed by atoms with Crippen LogP contribution in [0, 0.1) is 0 Å². The summed E-state index contributed by atoms with van der Waals surface area (Å²) in [6, 6.07) is 10.7. The van der Waals surface area contributed by atoms with Crippen LogP contribution < -0.4 is 5.32 Å². The van der Waals surface area contributed by atoms with Crippen molar-refractivity contribution in [1.82, 2.24) is 5.32 Å². The van der Waals surface area contributed by atoms with E-state index in [0.717, 1.165) is 12.5 Å². The van der Waals surface area contributed by atoms with Crippen molar-refractivity contribution in [1.29, 1.82) is 0 Å². The number of rotatable bonds is 7. The molecule has 1 aliphatic rings. The Morgan fingerprint density at radius 1 is 0.971 bits per heavy atom. The molecule has 2 aromatic rings. The number of ether oxygens (including phenoxy) is 2. The molecule has 1 saturated heterocycles. The number of hydrogen-bond donors (Lipinski definition) is 1. The minimum Gasteiger partial charge on any atom is -0.463 e. The third kappa shape index (κ3) is 7.59. The predicted molar refractivity (Wildman–Crippen MR) is 119 cm³/mol. The maximum absolute atomic E-state index is 13.4. The quantitative estimate of drug-likeness (QED) is 0.351. The number of nitrogens with one attached hydrogen (secondary N) is 1. The van der Waals surface area contributed by atoms with Crippen LogP contribution in [0.2, 0.25) is 0 Å². The Labute approximate surface area is 205 Å². The molecule has 4 nitrogen and oxygen atoms in total. The Hall–Kier alpha value is -2.30. The molecule has 0 aliphatic carbocycles. The second-order valence-corrected chi connectivity index (χ2v) is 8.34. The van der Waals surface area contributed by atoms with Gasteiger partial charge in [0, 0.05) is 12.3 Å². The zero-order valence-corrected chi connectivity index (χ0v) is 19.7. The number of carbonyl (C=O) groups excluding carboxylic acids is 1. The lowest BCUT2D eigenvalue weighted by atomic mass is 9.74. The van der Waals surface area contributed by atoms with Crippen molar-refractivity contribution in [3.63, 3.8) is 0 Å². The lowest BCUT2D eigenvalue weighted by Gasteiger charge is -2.39. The smallest absolute Gasteiger partial charge is 0.416 e. The lowest BCUT2D eigenvalue weighted by Crippen LogP contribution is -2.43. The van der Waals surface area contributed by atoms with Gasteiger partial charge < -0.3 is 14.8 Å². The molecular formula is C24H26ClF6NO3. The molecule has 0 amide bonds. The normalized spacial score (nSPS) is 16.8. The van der Waals surface area contributed by atoms with Crippen molar-refractivity contribution >= 4 is 18.4 Å². The molecule has 2 aromatic carbocycles. The molecule has 1 N–H and O–H groups in total. The van der Waals surface area contributed by atoms with Crippen molar-refractivity contribution in [2.45, 2.75) is 43.6 Å². The summed E-state index contributed by atoms with van der Waals surface area (Å²) >= 11 is 0. The second-order valence-electron chi connectivity index (χ2n) is 8.34. The average molecular weight is 526 g/mol. The van der Waals surface area contributed by atoms with Crippen LogP contribution in [-0.4, -0.2) is 32.3 Å². The molecule has 1 unspecified atom stereocenters. The van der Waals surface area contributed by atoms with Crippen LogP contribution >= 0.6 is 12.4 Å². The summed E-state index contributed by atoms with van der Waals surface area (Å²) in [6.07, 6.45) is -9.99. The number of piperidine rings is 1. The largest absolute Gasteiger partial charge is 0.463 e. The minimum absolute atomic E-state index is 0. The van der Waals surface area contributed by atoms with Gasteiger partial charge in [0.25, 0.3) is 0 Å². The van der Waals surface area contributed by atoms with E-state index in [9.17, 15) is 31.1 Å².